The summed E-state index contributed by atoms with van der Waals surface area (Å²) in [6.45, 7) is 0. The quantitative estimate of drug-likeness (QED) is 0.560. The first-order chi connectivity index (χ1) is 9.99. The van der Waals surface area contributed by atoms with Crippen LogP contribution in [0.1, 0.15) is 15.9 Å². The number of rotatable bonds is 3. The van der Waals surface area contributed by atoms with E-state index in [-0.39, 0.29) is 5.75 Å². The number of phenols is 1. The van der Waals surface area contributed by atoms with Crippen LogP contribution >= 0.6 is 43.5 Å². The lowest BCUT2D eigenvalue weighted by Gasteiger charge is -2.04. The first kappa shape index (κ1) is 16.0. The number of hydrogen-bond donors (Lipinski definition) is 2. The normalized spacial score (nSPS) is 10.8. The molecule has 0 unspecified atom stereocenters. The van der Waals surface area contributed by atoms with Gasteiger partial charge in [0, 0.05) is 10.0 Å². The van der Waals surface area contributed by atoms with Gasteiger partial charge in [-0.1, -0.05) is 39.7 Å². The molecule has 7 heteroatoms. The number of hydrazone groups is 1. The van der Waals surface area contributed by atoms with Crippen LogP contribution in [0.4, 0.5) is 0 Å². The van der Waals surface area contributed by atoms with Gasteiger partial charge in [0.05, 0.1) is 21.3 Å². The van der Waals surface area contributed by atoms with Crippen molar-refractivity contribution < 1.29 is 9.90 Å². The number of benzene rings is 2. The number of aromatic hydroxyl groups is 1. The second-order valence-electron chi connectivity index (χ2n) is 4.00. The Bertz CT molecular complexity index is 720. The van der Waals surface area contributed by atoms with Crippen LogP contribution in [0.3, 0.4) is 0 Å². The van der Waals surface area contributed by atoms with E-state index in [0.717, 1.165) is 4.47 Å². The number of halogens is 3. The molecule has 0 bridgehead atoms. The van der Waals surface area contributed by atoms with E-state index in [9.17, 15) is 9.90 Å². The van der Waals surface area contributed by atoms with Gasteiger partial charge in [0.15, 0.2) is 0 Å². The van der Waals surface area contributed by atoms with Crippen LogP contribution in [0, 0.1) is 0 Å². The number of carbonyl (C=O) groups is 1. The van der Waals surface area contributed by atoms with E-state index >= 15 is 0 Å². The average molecular weight is 432 g/mol. The zero-order valence-corrected chi connectivity index (χ0v) is 14.4. The Morgan fingerprint density at radius 3 is 2.71 bits per heavy atom. The van der Waals surface area contributed by atoms with Crippen molar-refractivity contribution in [1.29, 1.82) is 0 Å². The van der Waals surface area contributed by atoms with Gasteiger partial charge in [-0.15, -0.1) is 0 Å². The molecular formula is C14H9Br2ClN2O2. The van der Waals surface area contributed by atoms with E-state index in [2.05, 4.69) is 42.4 Å². The lowest BCUT2D eigenvalue weighted by atomic mass is 10.2. The van der Waals surface area contributed by atoms with Crippen LogP contribution in [0.2, 0.25) is 5.02 Å². The Hall–Kier alpha value is -1.37. The van der Waals surface area contributed by atoms with Gasteiger partial charge in [-0.2, -0.15) is 5.10 Å². The third-order valence-corrected chi connectivity index (χ3v) is 3.94. The lowest BCUT2D eigenvalue weighted by molar-refractivity contribution is 0.0955. The molecule has 4 nitrogen and oxygen atoms in total. The Morgan fingerprint density at radius 1 is 1.29 bits per heavy atom. The van der Waals surface area contributed by atoms with Gasteiger partial charge in [0.25, 0.3) is 5.91 Å². The summed E-state index contributed by atoms with van der Waals surface area (Å²) >= 11 is 12.4. The first-order valence-corrected chi connectivity index (χ1v) is 7.71. The summed E-state index contributed by atoms with van der Waals surface area (Å²) in [5.74, 6) is -0.389. The molecule has 2 rings (SSSR count). The fraction of sp³-hybridized carbons (Fsp3) is 0. The topological polar surface area (TPSA) is 61.7 Å². The van der Waals surface area contributed by atoms with E-state index in [0.29, 0.717) is 20.6 Å². The number of phenolic OH excluding ortho intramolecular Hbond substituents is 1. The number of nitrogens with zero attached hydrogens (tertiary/aromatic N) is 1. The van der Waals surface area contributed by atoms with Crippen molar-refractivity contribution in [3.63, 3.8) is 0 Å². The molecule has 0 spiro atoms. The van der Waals surface area contributed by atoms with Crippen molar-refractivity contribution in [2.75, 3.05) is 0 Å². The molecule has 1 amide bonds. The molecular weight excluding hydrogens is 423 g/mol. The molecule has 2 aromatic rings. The van der Waals surface area contributed by atoms with Gasteiger partial charge in [-0.3, -0.25) is 4.79 Å². The molecule has 21 heavy (non-hydrogen) atoms. The van der Waals surface area contributed by atoms with Gasteiger partial charge in [-0.25, -0.2) is 5.43 Å². The largest absolute Gasteiger partial charge is 0.506 e. The maximum absolute atomic E-state index is 11.9. The summed E-state index contributed by atoms with van der Waals surface area (Å²) in [4.78, 5) is 11.9. The first-order valence-electron chi connectivity index (χ1n) is 5.75. The summed E-state index contributed by atoms with van der Waals surface area (Å²) in [6, 6.07) is 10.0. The maximum atomic E-state index is 11.9. The highest BCUT2D eigenvalue weighted by atomic mass is 79.9. The van der Waals surface area contributed by atoms with Crippen molar-refractivity contribution >= 4 is 55.6 Å². The van der Waals surface area contributed by atoms with Crippen molar-refractivity contribution in [2.45, 2.75) is 0 Å². The molecule has 0 aliphatic carbocycles. The highest BCUT2D eigenvalue weighted by Gasteiger charge is 2.09. The highest BCUT2D eigenvalue weighted by Crippen LogP contribution is 2.30. The van der Waals surface area contributed by atoms with Crippen LogP contribution in [0.5, 0.6) is 5.75 Å². The standard InChI is InChI=1S/C14H9Br2ClN2O2/c15-9-5-8(13(20)11(16)6-9)7-18-19-14(21)10-3-1-2-4-12(10)17/h1-7,20H,(H,19,21)/b18-7-. The van der Waals surface area contributed by atoms with Gasteiger partial charge in [0.1, 0.15) is 5.75 Å². The maximum Gasteiger partial charge on any atom is 0.272 e. The van der Waals surface area contributed by atoms with Gasteiger partial charge >= 0.3 is 0 Å². The predicted molar refractivity (Wildman–Crippen MR) is 90.0 cm³/mol. The van der Waals surface area contributed by atoms with Gasteiger partial charge < -0.3 is 5.11 Å². The Kier molecular flexibility index (Phi) is 5.39. The van der Waals surface area contributed by atoms with Crippen LogP contribution in [-0.2, 0) is 0 Å². The fourth-order valence-electron chi connectivity index (χ4n) is 1.55. The fourth-order valence-corrected chi connectivity index (χ4v) is 3.03. The number of hydrogen-bond acceptors (Lipinski definition) is 3. The second-order valence-corrected chi connectivity index (χ2v) is 6.18. The number of amides is 1. The van der Waals surface area contributed by atoms with Crippen LogP contribution < -0.4 is 5.43 Å². The molecule has 0 aliphatic heterocycles. The summed E-state index contributed by atoms with van der Waals surface area (Å²) in [7, 11) is 0. The van der Waals surface area contributed by atoms with Gasteiger partial charge in [-0.05, 0) is 40.2 Å². The van der Waals surface area contributed by atoms with Crippen molar-refractivity contribution in [3.05, 3.63) is 61.5 Å². The van der Waals surface area contributed by atoms with E-state index in [4.69, 9.17) is 11.6 Å². The SMILES string of the molecule is O=C(N/N=C\c1cc(Br)cc(Br)c1O)c1ccccc1Cl. The second kappa shape index (κ2) is 7.06. The zero-order valence-electron chi connectivity index (χ0n) is 10.5. The van der Waals surface area contributed by atoms with Crippen molar-refractivity contribution in [1.82, 2.24) is 5.43 Å². The van der Waals surface area contributed by atoms with Gasteiger partial charge in [0.2, 0.25) is 0 Å². The van der Waals surface area contributed by atoms with E-state index < -0.39 is 5.91 Å². The Labute approximate surface area is 143 Å². The third kappa shape index (κ3) is 4.06. The minimum atomic E-state index is -0.426. The average Bonchev–Trinajstić information content (AvgIpc) is 2.44. The molecule has 2 aromatic carbocycles. The summed E-state index contributed by atoms with van der Waals surface area (Å²) < 4.78 is 1.29. The minimum Gasteiger partial charge on any atom is -0.506 e. The van der Waals surface area contributed by atoms with Crippen molar-refractivity contribution in [2.24, 2.45) is 5.10 Å². The van der Waals surface area contributed by atoms with E-state index in [1.165, 1.54) is 6.21 Å². The highest BCUT2D eigenvalue weighted by molar-refractivity contribution is 9.11. The molecule has 2 N–H and O–H groups in total. The molecule has 108 valence electrons. The monoisotopic (exact) mass is 430 g/mol. The summed E-state index contributed by atoms with van der Waals surface area (Å²) in [6.07, 6.45) is 1.35. The van der Waals surface area contributed by atoms with E-state index in [1.807, 2.05) is 0 Å². The summed E-state index contributed by atoms with van der Waals surface area (Å²) in [5, 5.41) is 14.0. The number of nitrogens with one attached hydrogen (secondary N) is 1. The molecule has 0 saturated carbocycles. The lowest BCUT2D eigenvalue weighted by Crippen LogP contribution is -2.17. The molecule has 0 heterocycles. The third-order valence-electron chi connectivity index (χ3n) is 2.55. The smallest absolute Gasteiger partial charge is 0.272 e. The van der Waals surface area contributed by atoms with Crippen molar-refractivity contribution in [3.8, 4) is 5.75 Å². The molecule has 0 radical (unpaired) electrons. The predicted octanol–water partition coefficient (Wildman–Crippen LogP) is 4.33. The minimum absolute atomic E-state index is 0.0361. The Balaban J connectivity index is 2.13. The Morgan fingerprint density at radius 2 is 2.00 bits per heavy atom. The van der Waals surface area contributed by atoms with Crippen LogP contribution in [0.25, 0.3) is 0 Å². The van der Waals surface area contributed by atoms with E-state index in [1.54, 1.807) is 36.4 Å². The molecule has 0 atom stereocenters. The molecule has 0 saturated heterocycles. The van der Waals surface area contributed by atoms with Crippen LogP contribution in [0.15, 0.2) is 50.4 Å². The number of carbonyl (C=O) groups excluding carboxylic acids is 1. The summed E-state index contributed by atoms with van der Waals surface area (Å²) in [5.41, 5.74) is 3.14. The van der Waals surface area contributed by atoms with Crippen LogP contribution in [-0.4, -0.2) is 17.2 Å². The molecule has 0 aromatic heterocycles. The zero-order chi connectivity index (χ0) is 15.4. The molecule has 0 aliphatic rings. The molecule has 0 fully saturated rings.